The number of para-hydroxylation sites is 1. The first-order valence-corrected chi connectivity index (χ1v) is 12.1. The van der Waals surface area contributed by atoms with Gasteiger partial charge in [0.1, 0.15) is 12.1 Å². The summed E-state index contributed by atoms with van der Waals surface area (Å²) in [4.78, 5) is 29.0. The number of nitrogens with one attached hydrogen (secondary N) is 3. The zero-order valence-electron chi connectivity index (χ0n) is 18.2. The van der Waals surface area contributed by atoms with E-state index in [0.717, 1.165) is 16.5 Å². The Labute approximate surface area is 192 Å². The van der Waals surface area contributed by atoms with Crippen molar-refractivity contribution in [2.75, 3.05) is 26.7 Å². The Kier molecular flexibility index (Phi) is 6.77. The number of amides is 1. The predicted molar refractivity (Wildman–Crippen MR) is 123 cm³/mol. The summed E-state index contributed by atoms with van der Waals surface area (Å²) in [6.07, 6.45) is 2.00. The lowest BCUT2D eigenvalue weighted by atomic mass is 10.0. The van der Waals surface area contributed by atoms with Crippen LogP contribution < -0.4 is 10.6 Å². The first kappa shape index (κ1) is 23.0. The molecule has 1 aliphatic heterocycles. The van der Waals surface area contributed by atoms with Gasteiger partial charge in [0.05, 0.1) is 12.0 Å². The minimum Gasteiger partial charge on any atom is -0.467 e. The van der Waals surface area contributed by atoms with E-state index in [1.165, 1.54) is 23.5 Å². The fraction of sp³-hybridized carbons (Fsp3) is 0.304. The first-order chi connectivity index (χ1) is 15.9. The second-order valence-corrected chi connectivity index (χ2v) is 9.69. The normalized spacial score (nSPS) is 18.0. The van der Waals surface area contributed by atoms with Crippen LogP contribution in [-0.2, 0) is 30.8 Å². The minimum atomic E-state index is -3.89. The number of fused-ring (bicyclic) bond motifs is 1. The lowest BCUT2D eigenvalue weighted by Gasteiger charge is -2.34. The summed E-state index contributed by atoms with van der Waals surface area (Å²) in [6.45, 7) is 0.700. The molecule has 33 heavy (non-hydrogen) atoms. The molecule has 0 unspecified atom stereocenters. The number of piperazine rings is 1. The summed E-state index contributed by atoms with van der Waals surface area (Å²) < 4.78 is 32.5. The van der Waals surface area contributed by atoms with Crippen molar-refractivity contribution in [2.45, 2.75) is 23.4 Å². The Bertz CT molecular complexity index is 1240. The number of esters is 1. The lowest BCUT2D eigenvalue weighted by molar-refractivity contribution is -0.145. The molecule has 4 rings (SSSR count). The highest BCUT2D eigenvalue weighted by molar-refractivity contribution is 7.89. The van der Waals surface area contributed by atoms with Crippen LogP contribution in [-0.4, -0.2) is 68.4 Å². The second-order valence-electron chi connectivity index (χ2n) is 7.80. The molecule has 0 saturated carbocycles. The molecular formula is C23H26N4O5S. The van der Waals surface area contributed by atoms with Gasteiger partial charge in [0.25, 0.3) is 0 Å². The number of methoxy groups -OCH3 is 1. The number of aromatic nitrogens is 1. The third-order valence-electron chi connectivity index (χ3n) is 5.75. The van der Waals surface area contributed by atoms with Crippen molar-refractivity contribution >= 4 is 32.8 Å². The number of ether oxygens (including phenoxy) is 1. The third kappa shape index (κ3) is 4.77. The van der Waals surface area contributed by atoms with E-state index >= 15 is 0 Å². The number of aromatic amines is 1. The fourth-order valence-corrected chi connectivity index (χ4v) is 5.66. The molecule has 9 nitrogen and oxygen atoms in total. The summed E-state index contributed by atoms with van der Waals surface area (Å²) in [5.41, 5.74) is 1.76. The average Bonchev–Trinajstić information content (AvgIpc) is 3.26. The number of benzene rings is 2. The van der Waals surface area contributed by atoms with Crippen molar-refractivity contribution in [3.8, 4) is 0 Å². The van der Waals surface area contributed by atoms with E-state index in [-0.39, 0.29) is 24.4 Å². The van der Waals surface area contributed by atoms with E-state index < -0.39 is 34.0 Å². The summed E-state index contributed by atoms with van der Waals surface area (Å²) in [7, 11) is -2.63. The molecule has 0 radical (unpaired) electrons. The smallest absolute Gasteiger partial charge is 0.328 e. The molecule has 2 atom stereocenters. The molecule has 0 bridgehead atoms. The van der Waals surface area contributed by atoms with E-state index in [1.54, 1.807) is 24.4 Å². The molecule has 3 N–H and O–H groups in total. The van der Waals surface area contributed by atoms with Gasteiger partial charge in [0.2, 0.25) is 15.9 Å². The van der Waals surface area contributed by atoms with E-state index in [2.05, 4.69) is 15.6 Å². The number of H-pyrrole nitrogens is 1. The Morgan fingerprint density at radius 3 is 2.64 bits per heavy atom. The van der Waals surface area contributed by atoms with Gasteiger partial charge >= 0.3 is 5.97 Å². The zero-order chi connectivity index (χ0) is 23.4. The van der Waals surface area contributed by atoms with E-state index in [4.69, 9.17) is 4.74 Å². The van der Waals surface area contributed by atoms with Crippen molar-refractivity contribution in [3.05, 3.63) is 66.4 Å². The van der Waals surface area contributed by atoms with Gasteiger partial charge in [0, 0.05) is 43.2 Å². The second kappa shape index (κ2) is 9.74. The van der Waals surface area contributed by atoms with Gasteiger partial charge in [0.15, 0.2) is 0 Å². The molecular weight excluding hydrogens is 444 g/mol. The van der Waals surface area contributed by atoms with Crippen molar-refractivity contribution in [1.82, 2.24) is 19.9 Å². The van der Waals surface area contributed by atoms with Gasteiger partial charge in [-0.2, -0.15) is 4.31 Å². The maximum absolute atomic E-state index is 13.2. The molecule has 1 aromatic heterocycles. The molecule has 1 amide bonds. The number of sulfonamides is 1. The lowest BCUT2D eigenvalue weighted by Crippen LogP contribution is -2.61. The third-order valence-corrected chi connectivity index (χ3v) is 7.67. The van der Waals surface area contributed by atoms with E-state index in [0.29, 0.717) is 6.54 Å². The highest BCUT2D eigenvalue weighted by Crippen LogP contribution is 2.21. The number of hydrogen-bond donors (Lipinski definition) is 3. The monoisotopic (exact) mass is 470 g/mol. The number of nitrogens with zero attached hydrogens (tertiary/aromatic N) is 1. The van der Waals surface area contributed by atoms with Crippen molar-refractivity contribution in [3.63, 3.8) is 0 Å². The van der Waals surface area contributed by atoms with Crippen LogP contribution in [0.5, 0.6) is 0 Å². The minimum absolute atomic E-state index is 0.119. The topological polar surface area (TPSA) is 121 Å². The van der Waals surface area contributed by atoms with E-state index in [1.807, 2.05) is 24.3 Å². The molecule has 2 aromatic carbocycles. The van der Waals surface area contributed by atoms with E-state index in [9.17, 15) is 18.0 Å². The number of hydrogen-bond acceptors (Lipinski definition) is 6. The van der Waals surface area contributed by atoms with Crippen LogP contribution in [0.2, 0.25) is 0 Å². The van der Waals surface area contributed by atoms with Gasteiger partial charge in [-0.05, 0) is 23.8 Å². The summed E-state index contributed by atoms with van der Waals surface area (Å²) >= 11 is 0. The van der Waals surface area contributed by atoms with Gasteiger partial charge in [-0.15, -0.1) is 0 Å². The van der Waals surface area contributed by atoms with Crippen molar-refractivity contribution in [1.29, 1.82) is 0 Å². The van der Waals surface area contributed by atoms with Crippen LogP contribution in [0, 0.1) is 0 Å². The molecule has 3 aromatic rings. The molecule has 0 spiro atoms. The van der Waals surface area contributed by atoms with Gasteiger partial charge in [-0.25, -0.2) is 13.2 Å². The summed E-state index contributed by atoms with van der Waals surface area (Å²) in [5, 5.41) is 6.73. The SMILES string of the molecule is COC(=O)[C@@H](Cc1c[nH]c2ccccc12)NC(=O)[C@H]1CNCCN1S(=O)(=O)c1ccccc1. The molecule has 1 aliphatic rings. The molecule has 0 aliphatic carbocycles. The maximum Gasteiger partial charge on any atom is 0.328 e. The van der Waals surface area contributed by atoms with Crippen LogP contribution in [0.3, 0.4) is 0 Å². The zero-order valence-corrected chi connectivity index (χ0v) is 19.0. The first-order valence-electron chi connectivity index (χ1n) is 10.6. The summed E-state index contributed by atoms with van der Waals surface area (Å²) in [5.74, 6) is -1.16. The predicted octanol–water partition coefficient (Wildman–Crippen LogP) is 1.03. The summed E-state index contributed by atoms with van der Waals surface area (Å²) in [6, 6.07) is 13.7. The van der Waals surface area contributed by atoms with Crippen LogP contribution >= 0.6 is 0 Å². The Morgan fingerprint density at radius 1 is 1.15 bits per heavy atom. The number of rotatable bonds is 7. The standard InChI is InChI=1S/C23H26N4O5S/c1-32-23(29)20(13-16-14-25-19-10-6-5-9-18(16)19)26-22(28)21-15-24-11-12-27(21)33(30,31)17-7-3-2-4-8-17/h2-10,14,20-21,24-25H,11-13,15H2,1H3,(H,26,28)/t20-,21-/m1/s1. The Balaban J connectivity index is 1.57. The van der Waals surface area contributed by atoms with Crippen molar-refractivity contribution < 1.29 is 22.7 Å². The molecule has 10 heteroatoms. The molecule has 1 saturated heterocycles. The number of carbonyl (C=O) groups excluding carboxylic acids is 2. The van der Waals surface area contributed by atoms with Crippen LogP contribution in [0.25, 0.3) is 10.9 Å². The largest absolute Gasteiger partial charge is 0.467 e. The molecule has 174 valence electrons. The highest BCUT2D eigenvalue weighted by Gasteiger charge is 2.39. The molecule has 2 heterocycles. The quantitative estimate of drug-likeness (QED) is 0.444. The number of carbonyl (C=O) groups is 2. The Morgan fingerprint density at radius 2 is 1.88 bits per heavy atom. The fourth-order valence-electron chi connectivity index (χ4n) is 4.05. The van der Waals surface area contributed by atoms with Crippen LogP contribution in [0.4, 0.5) is 0 Å². The van der Waals surface area contributed by atoms with Gasteiger partial charge in [-0.1, -0.05) is 36.4 Å². The molecule has 1 fully saturated rings. The highest BCUT2D eigenvalue weighted by atomic mass is 32.2. The van der Waals surface area contributed by atoms with Crippen molar-refractivity contribution in [2.24, 2.45) is 0 Å². The average molecular weight is 471 g/mol. The maximum atomic E-state index is 13.2. The van der Waals surface area contributed by atoms with Crippen LogP contribution in [0.15, 0.2) is 65.7 Å². The van der Waals surface area contributed by atoms with Gasteiger partial charge < -0.3 is 20.4 Å². The Hall–Kier alpha value is -3.21. The van der Waals surface area contributed by atoms with Gasteiger partial charge in [-0.3, -0.25) is 4.79 Å². The van der Waals surface area contributed by atoms with Crippen LogP contribution in [0.1, 0.15) is 5.56 Å².